The van der Waals surface area contributed by atoms with Crippen LogP contribution in [0.15, 0.2) is 34.2 Å². The zero-order chi connectivity index (χ0) is 18.8. The monoisotopic (exact) mass is 412 g/mol. The number of amides is 2. The first-order valence-corrected chi connectivity index (χ1v) is 9.61. The van der Waals surface area contributed by atoms with Crippen LogP contribution in [0.4, 0.5) is 5.69 Å². The highest BCUT2D eigenvalue weighted by atomic mass is 35.5. The lowest BCUT2D eigenvalue weighted by atomic mass is 10.2. The molecular weight excluding hydrogens is 395 g/mol. The van der Waals surface area contributed by atoms with Crippen molar-refractivity contribution in [3.8, 4) is 0 Å². The van der Waals surface area contributed by atoms with E-state index in [-0.39, 0.29) is 17.9 Å². The molecule has 1 aromatic carbocycles. The summed E-state index contributed by atoms with van der Waals surface area (Å²) in [5, 5.41) is 3.75. The number of likely N-dealkylation sites (N-methyl/N-ethyl adjacent to an activating group) is 2. The SMILES string of the molecule is CN1CCC(N(C)C(=O)C=C2SC(=Nc3c(Cl)cccc3Cl)NC2=O)C1. The number of para-hydroxylation sites is 1. The van der Waals surface area contributed by atoms with E-state index in [2.05, 4.69) is 15.2 Å². The van der Waals surface area contributed by atoms with Crippen molar-refractivity contribution in [2.24, 2.45) is 4.99 Å². The lowest BCUT2D eigenvalue weighted by Crippen LogP contribution is -2.37. The third-order valence-electron chi connectivity index (χ3n) is 4.32. The summed E-state index contributed by atoms with van der Waals surface area (Å²) in [7, 11) is 3.79. The minimum atomic E-state index is -0.359. The number of aliphatic imine (C=N–C) groups is 1. The van der Waals surface area contributed by atoms with Crippen LogP contribution in [-0.2, 0) is 9.59 Å². The zero-order valence-corrected chi connectivity index (χ0v) is 16.7. The molecule has 9 heteroatoms. The Morgan fingerprint density at radius 2 is 2.12 bits per heavy atom. The van der Waals surface area contributed by atoms with Gasteiger partial charge < -0.3 is 15.1 Å². The summed E-state index contributed by atoms with van der Waals surface area (Å²) in [6, 6.07) is 5.22. The molecule has 0 aromatic heterocycles. The summed E-state index contributed by atoms with van der Waals surface area (Å²) in [5.41, 5.74) is 0.386. The molecule has 6 nitrogen and oxygen atoms in total. The van der Waals surface area contributed by atoms with Gasteiger partial charge in [0.15, 0.2) is 5.17 Å². The number of thioether (sulfide) groups is 1. The van der Waals surface area contributed by atoms with Gasteiger partial charge in [0.2, 0.25) is 5.91 Å². The van der Waals surface area contributed by atoms with Crippen LogP contribution in [0.2, 0.25) is 10.0 Å². The summed E-state index contributed by atoms with van der Waals surface area (Å²) in [5.74, 6) is -0.554. The molecule has 0 saturated carbocycles. The van der Waals surface area contributed by atoms with Crippen molar-refractivity contribution in [3.05, 3.63) is 39.2 Å². The molecule has 2 amide bonds. The van der Waals surface area contributed by atoms with Crippen LogP contribution in [-0.4, -0.2) is 60.0 Å². The molecule has 2 aliphatic heterocycles. The second-order valence-corrected chi connectivity index (χ2v) is 8.05. The quantitative estimate of drug-likeness (QED) is 0.775. The lowest BCUT2D eigenvalue weighted by molar-refractivity contribution is -0.127. The van der Waals surface area contributed by atoms with E-state index in [0.717, 1.165) is 31.3 Å². The Bertz CT molecular complexity index is 792. The highest BCUT2D eigenvalue weighted by Crippen LogP contribution is 2.35. The van der Waals surface area contributed by atoms with E-state index >= 15 is 0 Å². The fourth-order valence-corrected chi connectivity index (χ4v) is 4.07. The molecule has 138 valence electrons. The van der Waals surface area contributed by atoms with Gasteiger partial charge in [-0.05, 0) is 43.9 Å². The first kappa shape index (κ1) is 19.2. The van der Waals surface area contributed by atoms with Crippen molar-refractivity contribution in [1.29, 1.82) is 0 Å². The van der Waals surface area contributed by atoms with Gasteiger partial charge in [-0.2, -0.15) is 0 Å². The Kier molecular flexibility index (Phi) is 5.92. The fraction of sp³-hybridized carbons (Fsp3) is 0.353. The first-order chi connectivity index (χ1) is 12.3. The van der Waals surface area contributed by atoms with Crippen molar-refractivity contribution < 1.29 is 9.59 Å². The van der Waals surface area contributed by atoms with Crippen LogP contribution >= 0.6 is 35.0 Å². The van der Waals surface area contributed by atoms with Gasteiger partial charge in [-0.3, -0.25) is 9.59 Å². The van der Waals surface area contributed by atoms with E-state index in [1.807, 2.05) is 7.05 Å². The predicted octanol–water partition coefficient (Wildman–Crippen LogP) is 2.89. The molecule has 0 bridgehead atoms. The van der Waals surface area contributed by atoms with Gasteiger partial charge in [-0.15, -0.1) is 0 Å². The Morgan fingerprint density at radius 3 is 2.73 bits per heavy atom. The second-order valence-electron chi connectivity index (χ2n) is 6.21. The summed E-state index contributed by atoms with van der Waals surface area (Å²) in [4.78, 5) is 33.1. The molecule has 1 aromatic rings. The van der Waals surface area contributed by atoms with Crippen molar-refractivity contribution in [3.63, 3.8) is 0 Å². The summed E-state index contributed by atoms with van der Waals surface area (Å²) < 4.78 is 0. The van der Waals surface area contributed by atoms with Gasteiger partial charge in [0, 0.05) is 25.7 Å². The molecule has 2 fully saturated rings. The number of hydrogen-bond donors (Lipinski definition) is 1. The largest absolute Gasteiger partial charge is 0.338 e. The summed E-state index contributed by atoms with van der Waals surface area (Å²) in [6.45, 7) is 1.80. The van der Waals surface area contributed by atoms with Crippen molar-refractivity contribution in [1.82, 2.24) is 15.1 Å². The summed E-state index contributed by atoms with van der Waals surface area (Å²) >= 11 is 13.3. The maximum atomic E-state index is 12.5. The molecule has 1 atom stereocenters. The fourth-order valence-electron chi connectivity index (χ4n) is 2.80. The Morgan fingerprint density at radius 1 is 1.42 bits per heavy atom. The van der Waals surface area contributed by atoms with Gasteiger partial charge in [0.05, 0.1) is 15.0 Å². The minimum absolute atomic E-state index is 0.161. The molecule has 2 aliphatic rings. The van der Waals surface area contributed by atoms with Crippen LogP contribution in [0.25, 0.3) is 0 Å². The summed E-state index contributed by atoms with van der Waals surface area (Å²) in [6.07, 6.45) is 2.29. The van der Waals surface area contributed by atoms with E-state index < -0.39 is 0 Å². The number of likely N-dealkylation sites (tertiary alicyclic amines) is 1. The third-order valence-corrected chi connectivity index (χ3v) is 5.84. The number of carbonyl (C=O) groups excluding carboxylic acids is 2. The molecule has 26 heavy (non-hydrogen) atoms. The number of carbonyl (C=O) groups is 2. The molecule has 0 aliphatic carbocycles. The van der Waals surface area contributed by atoms with Crippen LogP contribution in [0.5, 0.6) is 0 Å². The molecule has 1 unspecified atom stereocenters. The lowest BCUT2D eigenvalue weighted by Gasteiger charge is -2.23. The molecule has 1 N–H and O–H groups in total. The number of halogens is 2. The number of nitrogens with one attached hydrogen (secondary N) is 1. The Balaban J connectivity index is 1.74. The third kappa shape index (κ3) is 4.23. The van der Waals surface area contributed by atoms with Crippen molar-refractivity contribution >= 4 is 57.6 Å². The van der Waals surface area contributed by atoms with Crippen LogP contribution in [0.3, 0.4) is 0 Å². The van der Waals surface area contributed by atoms with E-state index in [0.29, 0.717) is 25.8 Å². The van der Waals surface area contributed by atoms with Crippen molar-refractivity contribution in [2.45, 2.75) is 12.5 Å². The van der Waals surface area contributed by atoms with Gasteiger partial charge in [0.1, 0.15) is 5.69 Å². The van der Waals surface area contributed by atoms with Gasteiger partial charge in [-0.1, -0.05) is 29.3 Å². The average molecular weight is 413 g/mol. The van der Waals surface area contributed by atoms with E-state index in [9.17, 15) is 9.59 Å². The van der Waals surface area contributed by atoms with Gasteiger partial charge in [0.25, 0.3) is 5.91 Å². The highest BCUT2D eigenvalue weighted by molar-refractivity contribution is 8.18. The molecule has 3 rings (SSSR count). The zero-order valence-electron chi connectivity index (χ0n) is 14.3. The first-order valence-electron chi connectivity index (χ1n) is 8.04. The molecule has 2 saturated heterocycles. The average Bonchev–Trinajstić information content (AvgIpc) is 3.16. The number of amidine groups is 1. The van der Waals surface area contributed by atoms with Crippen LogP contribution < -0.4 is 5.32 Å². The second kappa shape index (κ2) is 8.00. The Labute approximate surface area is 166 Å². The predicted molar refractivity (Wildman–Crippen MR) is 106 cm³/mol. The molecule has 2 heterocycles. The topological polar surface area (TPSA) is 65.0 Å². The number of hydrogen-bond acceptors (Lipinski definition) is 5. The molecular formula is C17H18Cl2N4O2S. The number of benzene rings is 1. The molecule has 0 radical (unpaired) electrons. The van der Waals surface area contributed by atoms with Gasteiger partial charge in [-0.25, -0.2) is 4.99 Å². The Hall–Kier alpha value is -1.54. The van der Waals surface area contributed by atoms with Crippen LogP contribution in [0.1, 0.15) is 6.42 Å². The van der Waals surface area contributed by atoms with Gasteiger partial charge >= 0.3 is 0 Å². The van der Waals surface area contributed by atoms with E-state index in [4.69, 9.17) is 23.2 Å². The van der Waals surface area contributed by atoms with E-state index in [1.54, 1.807) is 30.1 Å². The smallest absolute Gasteiger partial charge is 0.264 e. The van der Waals surface area contributed by atoms with Crippen LogP contribution in [0, 0.1) is 0 Å². The van der Waals surface area contributed by atoms with E-state index in [1.165, 1.54) is 6.08 Å². The number of nitrogens with zero attached hydrogens (tertiary/aromatic N) is 3. The normalized spacial score (nSPS) is 23.7. The van der Waals surface area contributed by atoms with Crippen molar-refractivity contribution in [2.75, 3.05) is 27.2 Å². The highest BCUT2D eigenvalue weighted by Gasteiger charge is 2.29. The number of rotatable bonds is 3. The minimum Gasteiger partial charge on any atom is -0.338 e. The standard InChI is InChI=1S/C17H18Cl2N4O2S/c1-22-7-6-10(9-22)23(2)14(24)8-13-16(25)21-17(26-13)20-15-11(18)4-3-5-12(15)19/h3-5,8,10H,6-7,9H2,1-2H3,(H,20,21,25). The maximum Gasteiger partial charge on any atom is 0.264 e. The molecule has 0 spiro atoms. The maximum absolute atomic E-state index is 12.5.